The van der Waals surface area contributed by atoms with Crippen LogP contribution in [0.1, 0.15) is 47.9 Å². The highest BCUT2D eigenvalue weighted by atomic mass is 15.2. The minimum Gasteiger partial charge on any atom is -0.309 e. The Kier molecular flexibility index (Phi) is 9.79. The summed E-state index contributed by atoms with van der Waals surface area (Å²) in [5, 5.41) is 12.6. The van der Waals surface area contributed by atoms with Crippen molar-refractivity contribution in [2.75, 3.05) is 9.80 Å². The highest BCUT2D eigenvalue weighted by Gasteiger charge is 2.29. The summed E-state index contributed by atoms with van der Waals surface area (Å²) in [5.41, 5.74) is 18.2. The maximum Gasteiger partial charge on any atom is 0.0547 e. The van der Waals surface area contributed by atoms with Gasteiger partial charge in [-0.1, -0.05) is 182 Å². The average molecular weight is 897 g/mol. The number of fused-ring (bicyclic) bond motifs is 4. The topological polar surface area (TPSA) is 6.48 Å². The lowest BCUT2D eigenvalue weighted by Crippen LogP contribution is -2.17. The molecule has 0 fully saturated rings. The molecular formula is C68H52N2. The maximum atomic E-state index is 2.64. The molecule has 0 saturated heterocycles. The van der Waals surface area contributed by atoms with E-state index in [1.54, 1.807) is 0 Å². The summed E-state index contributed by atoms with van der Waals surface area (Å²) in [6.07, 6.45) is 9.23. The third kappa shape index (κ3) is 6.54. The van der Waals surface area contributed by atoms with Crippen LogP contribution in [0.4, 0.5) is 34.1 Å². The van der Waals surface area contributed by atoms with Crippen LogP contribution in [0, 0.1) is 0 Å². The monoisotopic (exact) mass is 896 g/mol. The zero-order valence-corrected chi connectivity index (χ0v) is 39.3. The number of hydrogen-bond acceptors (Lipinski definition) is 2. The Morgan fingerprint density at radius 1 is 0.257 bits per heavy atom. The number of aryl methyl sites for hydroxylation is 2. The molecular weight excluding hydrogens is 845 g/mol. The molecule has 0 unspecified atom stereocenters. The molecule has 70 heavy (non-hydrogen) atoms. The van der Waals surface area contributed by atoms with Gasteiger partial charge < -0.3 is 9.80 Å². The summed E-state index contributed by atoms with van der Waals surface area (Å²) < 4.78 is 0. The molecule has 2 aliphatic rings. The van der Waals surface area contributed by atoms with Crippen LogP contribution in [0.5, 0.6) is 0 Å². The molecule has 0 aromatic heterocycles. The van der Waals surface area contributed by atoms with Gasteiger partial charge in [-0.05, 0) is 154 Å². The van der Waals surface area contributed by atoms with Crippen molar-refractivity contribution in [1.29, 1.82) is 0 Å². The lowest BCUT2D eigenvalue weighted by atomic mass is 9.84. The Morgan fingerprint density at radius 2 is 0.629 bits per heavy atom. The van der Waals surface area contributed by atoms with Crippen LogP contribution >= 0.6 is 0 Å². The Morgan fingerprint density at radius 3 is 1.10 bits per heavy atom. The molecule has 0 saturated carbocycles. The van der Waals surface area contributed by atoms with Gasteiger partial charge in [-0.25, -0.2) is 0 Å². The van der Waals surface area contributed by atoms with Crippen molar-refractivity contribution in [3.8, 4) is 22.3 Å². The highest BCUT2D eigenvalue weighted by Crippen LogP contribution is 2.54. The van der Waals surface area contributed by atoms with Crippen molar-refractivity contribution < 1.29 is 0 Å². The van der Waals surface area contributed by atoms with Gasteiger partial charge in [0, 0.05) is 43.7 Å². The third-order valence-electron chi connectivity index (χ3n) is 15.7. The summed E-state index contributed by atoms with van der Waals surface area (Å²) in [6, 6.07) is 82.7. The molecule has 0 radical (unpaired) electrons. The van der Waals surface area contributed by atoms with Crippen LogP contribution in [-0.2, 0) is 25.7 Å². The van der Waals surface area contributed by atoms with E-state index in [9.17, 15) is 0 Å². The Balaban J connectivity index is 1.16. The number of hydrogen-bond donors (Lipinski definition) is 0. The lowest BCUT2D eigenvalue weighted by molar-refractivity contribution is 0.686. The molecule has 14 rings (SSSR count). The molecule has 2 aliphatic carbocycles. The van der Waals surface area contributed by atoms with E-state index in [1.165, 1.54) is 158 Å². The Hall–Kier alpha value is -8.20. The van der Waals surface area contributed by atoms with Crippen LogP contribution in [-0.4, -0.2) is 0 Å². The van der Waals surface area contributed by atoms with Crippen molar-refractivity contribution in [2.24, 2.45) is 0 Å². The SMILES string of the molecule is c1ccc(-c2cc(N(c3cccc4c3CCCC4)c3cccc4ccccc34)c3ccc4c(-c5ccccc5)cc(N(c5cccc6c5CCCC6)c5cccc6ccccc56)c5ccc2c3c45)cc1. The predicted octanol–water partition coefficient (Wildman–Crippen LogP) is 18.9. The highest BCUT2D eigenvalue weighted by molar-refractivity contribution is 6.33. The van der Waals surface area contributed by atoms with E-state index in [0.717, 1.165) is 25.7 Å². The molecule has 0 aliphatic heterocycles. The van der Waals surface area contributed by atoms with Crippen LogP contribution in [0.2, 0.25) is 0 Å². The van der Waals surface area contributed by atoms with Gasteiger partial charge in [-0.3, -0.25) is 0 Å². The van der Waals surface area contributed by atoms with E-state index in [0.29, 0.717) is 0 Å². The fourth-order valence-electron chi connectivity index (χ4n) is 12.6. The largest absolute Gasteiger partial charge is 0.309 e. The first-order valence-corrected chi connectivity index (χ1v) is 25.4. The molecule has 0 atom stereocenters. The first kappa shape index (κ1) is 40.8. The zero-order chi connectivity index (χ0) is 46.1. The first-order chi connectivity index (χ1) is 34.8. The third-order valence-corrected chi connectivity index (χ3v) is 15.7. The van der Waals surface area contributed by atoms with Gasteiger partial charge in [0.25, 0.3) is 0 Å². The Labute approximate surface area is 410 Å². The molecule has 2 nitrogen and oxygen atoms in total. The number of nitrogens with zero attached hydrogens (tertiary/aromatic N) is 2. The molecule has 0 spiro atoms. The second kappa shape index (κ2) is 16.8. The van der Waals surface area contributed by atoms with Crippen molar-refractivity contribution in [3.63, 3.8) is 0 Å². The maximum absolute atomic E-state index is 2.64. The zero-order valence-electron chi connectivity index (χ0n) is 39.3. The molecule has 0 N–H and O–H groups in total. The van der Waals surface area contributed by atoms with Gasteiger partial charge >= 0.3 is 0 Å². The smallest absolute Gasteiger partial charge is 0.0547 e. The average Bonchev–Trinajstić information content (AvgIpc) is 3.43. The van der Waals surface area contributed by atoms with Crippen molar-refractivity contribution in [1.82, 2.24) is 0 Å². The summed E-state index contributed by atoms with van der Waals surface area (Å²) in [4.78, 5) is 5.28. The summed E-state index contributed by atoms with van der Waals surface area (Å²) in [6.45, 7) is 0. The summed E-state index contributed by atoms with van der Waals surface area (Å²) >= 11 is 0. The summed E-state index contributed by atoms with van der Waals surface area (Å²) in [7, 11) is 0. The van der Waals surface area contributed by atoms with E-state index < -0.39 is 0 Å². The van der Waals surface area contributed by atoms with Crippen LogP contribution in [0.3, 0.4) is 0 Å². The van der Waals surface area contributed by atoms with Crippen LogP contribution < -0.4 is 9.80 Å². The van der Waals surface area contributed by atoms with E-state index in [2.05, 4.69) is 228 Å². The minimum absolute atomic E-state index is 1.07. The number of benzene rings is 12. The molecule has 0 bridgehead atoms. The van der Waals surface area contributed by atoms with Gasteiger partial charge in [0.1, 0.15) is 0 Å². The van der Waals surface area contributed by atoms with E-state index in [-0.39, 0.29) is 0 Å². The normalized spacial score (nSPS) is 13.5. The standard InChI is InChI=1S/C68H52N2/c1-3-19-49(20-4-1)59-43-65(69(61-35-15-27-45-23-7-11-31-51(45)61)62-36-16-28-46-24-8-12-32-52(46)62)57-42-40-56-60(50-21-5-2-6-22-50)44-66(58-41-39-55(59)67(57)68(56)58)70(63-37-17-29-47-25-9-13-33-53(47)63)64-38-18-30-48-26-10-14-34-54(48)64/h1-7,9,11,13,15-23,25,27-31,33,35-44H,8,10,12,14,24,26,32,34H2. The molecule has 0 amide bonds. The van der Waals surface area contributed by atoms with Gasteiger partial charge in [-0.15, -0.1) is 0 Å². The lowest BCUT2D eigenvalue weighted by Gasteiger charge is -2.34. The fraction of sp³-hybridized carbons (Fsp3) is 0.118. The predicted molar refractivity (Wildman–Crippen MR) is 299 cm³/mol. The second-order valence-corrected chi connectivity index (χ2v) is 19.6. The van der Waals surface area contributed by atoms with Gasteiger partial charge in [0.15, 0.2) is 0 Å². The van der Waals surface area contributed by atoms with Crippen LogP contribution in [0.15, 0.2) is 218 Å². The number of anilines is 6. The molecule has 12 aromatic rings. The van der Waals surface area contributed by atoms with Crippen LogP contribution in [0.25, 0.3) is 76.1 Å². The number of rotatable bonds is 8. The molecule has 2 heteroatoms. The van der Waals surface area contributed by atoms with E-state index >= 15 is 0 Å². The van der Waals surface area contributed by atoms with Gasteiger partial charge in [-0.2, -0.15) is 0 Å². The Bertz CT molecular complexity index is 3690. The first-order valence-electron chi connectivity index (χ1n) is 25.4. The van der Waals surface area contributed by atoms with Crippen molar-refractivity contribution in [2.45, 2.75) is 51.4 Å². The van der Waals surface area contributed by atoms with E-state index in [4.69, 9.17) is 0 Å². The summed E-state index contributed by atoms with van der Waals surface area (Å²) in [5.74, 6) is 0. The molecule has 334 valence electrons. The van der Waals surface area contributed by atoms with Gasteiger partial charge in [0.2, 0.25) is 0 Å². The minimum atomic E-state index is 1.07. The van der Waals surface area contributed by atoms with Crippen molar-refractivity contribution >= 4 is 88.0 Å². The van der Waals surface area contributed by atoms with Crippen molar-refractivity contribution in [3.05, 3.63) is 241 Å². The quantitative estimate of drug-likeness (QED) is 0.140. The second-order valence-electron chi connectivity index (χ2n) is 19.6. The fourth-order valence-corrected chi connectivity index (χ4v) is 12.6. The molecule has 12 aromatic carbocycles. The molecule has 0 heterocycles. The van der Waals surface area contributed by atoms with Gasteiger partial charge in [0.05, 0.1) is 22.7 Å². The van der Waals surface area contributed by atoms with E-state index in [1.807, 2.05) is 0 Å².